The molecule has 1 aromatic rings. The maximum atomic E-state index is 5.33. The summed E-state index contributed by atoms with van der Waals surface area (Å²) in [6, 6.07) is 4.14. The Morgan fingerprint density at radius 2 is 2.43 bits per heavy atom. The molecule has 1 fully saturated rings. The van der Waals surface area contributed by atoms with Gasteiger partial charge < -0.3 is 10.1 Å². The summed E-state index contributed by atoms with van der Waals surface area (Å²) in [5, 5.41) is 3.19. The number of hydrogen-bond acceptors (Lipinski definition) is 3. The number of nitrogens with zero attached hydrogens (tertiary/aromatic N) is 1. The lowest BCUT2D eigenvalue weighted by molar-refractivity contribution is -0.0639. The lowest BCUT2D eigenvalue weighted by Gasteiger charge is -2.41. The van der Waals surface area contributed by atoms with E-state index in [1.165, 1.54) is 5.56 Å². The van der Waals surface area contributed by atoms with Crippen molar-refractivity contribution < 1.29 is 4.74 Å². The fraction of sp³-hybridized carbons (Fsp3) is 0.545. The van der Waals surface area contributed by atoms with Gasteiger partial charge in [-0.3, -0.25) is 4.98 Å². The molecule has 0 aromatic carbocycles. The maximum Gasteiger partial charge on any atom is 0.0586 e. The summed E-state index contributed by atoms with van der Waals surface area (Å²) in [5.41, 5.74) is 1.53. The van der Waals surface area contributed by atoms with Gasteiger partial charge in [-0.15, -0.1) is 0 Å². The van der Waals surface area contributed by atoms with E-state index in [0.29, 0.717) is 0 Å². The van der Waals surface area contributed by atoms with Gasteiger partial charge in [0.2, 0.25) is 0 Å². The first kappa shape index (κ1) is 9.62. The highest BCUT2D eigenvalue weighted by Crippen LogP contribution is 2.34. The minimum absolute atomic E-state index is 0.220. The molecule has 2 heterocycles. The predicted molar refractivity (Wildman–Crippen MR) is 55.3 cm³/mol. The second-order valence-electron chi connectivity index (χ2n) is 3.87. The van der Waals surface area contributed by atoms with E-state index < -0.39 is 0 Å². The van der Waals surface area contributed by atoms with Crippen LogP contribution in [-0.2, 0) is 10.2 Å². The highest BCUT2D eigenvalue weighted by atomic mass is 16.5. The minimum atomic E-state index is 0.220. The van der Waals surface area contributed by atoms with E-state index in [4.69, 9.17) is 4.74 Å². The number of rotatable bonds is 4. The fourth-order valence-electron chi connectivity index (χ4n) is 1.84. The van der Waals surface area contributed by atoms with Gasteiger partial charge in [0.05, 0.1) is 13.2 Å². The fourth-order valence-corrected chi connectivity index (χ4v) is 1.84. The van der Waals surface area contributed by atoms with E-state index >= 15 is 0 Å². The third-order valence-electron chi connectivity index (χ3n) is 2.88. The van der Waals surface area contributed by atoms with Crippen molar-refractivity contribution in [3.63, 3.8) is 0 Å². The molecule has 3 heteroatoms. The van der Waals surface area contributed by atoms with E-state index in [0.717, 1.165) is 26.2 Å². The SMILES string of the molecule is CNCCC1(c2cccnc2)COC1. The normalized spacial score (nSPS) is 18.9. The summed E-state index contributed by atoms with van der Waals surface area (Å²) in [4.78, 5) is 4.16. The van der Waals surface area contributed by atoms with Crippen LogP contribution in [-0.4, -0.2) is 31.8 Å². The standard InChI is InChI=1S/C11H16N2O/c1-12-6-4-11(8-14-9-11)10-3-2-5-13-7-10/h2-3,5,7,12H,4,6,8-9H2,1H3. The lowest BCUT2D eigenvalue weighted by Crippen LogP contribution is -2.48. The molecule has 0 bridgehead atoms. The highest BCUT2D eigenvalue weighted by Gasteiger charge is 2.39. The van der Waals surface area contributed by atoms with Crippen LogP contribution in [0.1, 0.15) is 12.0 Å². The zero-order chi connectivity index (χ0) is 9.86. The Morgan fingerprint density at radius 3 is 2.93 bits per heavy atom. The number of nitrogens with one attached hydrogen (secondary N) is 1. The van der Waals surface area contributed by atoms with Gasteiger partial charge in [-0.25, -0.2) is 0 Å². The first-order valence-electron chi connectivity index (χ1n) is 5.00. The average Bonchev–Trinajstić information content (AvgIpc) is 2.18. The highest BCUT2D eigenvalue weighted by molar-refractivity contribution is 5.24. The Labute approximate surface area is 84.5 Å². The van der Waals surface area contributed by atoms with Crippen LogP contribution in [0.4, 0.5) is 0 Å². The van der Waals surface area contributed by atoms with Gasteiger partial charge in [0.15, 0.2) is 0 Å². The second kappa shape index (κ2) is 4.07. The number of hydrogen-bond donors (Lipinski definition) is 1. The molecule has 76 valence electrons. The van der Waals surface area contributed by atoms with Crippen molar-refractivity contribution in [3.8, 4) is 0 Å². The van der Waals surface area contributed by atoms with Gasteiger partial charge in [0.25, 0.3) is 0 Å². The topological polar surface area (TPSA) is 34.2 Å². The van der Waals surface area contributed by atoms with Crippen molar-refractivity contribution in [1.82, 2.24) is 10.3 Å². The molecular weight excluding hydrogens is 176 g/mol. The molecule has 1 aromatic heterocycles. The quantitative estimate of drug-likeness (QED) is 0.771. The maximum absolute atomic E-state index is 5.33. The molecule has 2 rings (SSSR count). The first-order chi connectivity index (χ1) is 6.87. The van der Waals surface area contributed by atoms with E-state index in [9.17, 15) is 0 Å². The summed E-state index contributed by atoms with van der Waals surface area (Å²) in [7, 11) is 1.98. The smallest absolute Gasteiger partial charge is 0.0586 e. The second-order valence-corrected chi connectivity index (χ2v) is 3.87. The minimum Gasteiger partial charge on any atom is -0.379 e. The van der Waals surface area contributed by atoms with Gasteiger partial charge in [0.1, 0.15) is 0 Å². The molecule has 0 amide bonds. The number of ether oxygens (including phenoxy) is 1. The van der Waals surface area contributed by atoms with Crippen molar-refractivity contribution in [3.05, 3.63) is 30.1 Å². The molecule has 0 atom stereocenters. The molecule has 0 unspecified atom stereocenters. The Morgan fingerprint density at radius 1 is 1.57 bits per heavy atom. The molecular formula is C11H16N2O. The van der Waals surface area contributed by atoms with Crippen LogP contribution in [0, 0.1) is 0 Å². The van der Waals surface area contributed by atoms with Crippen LogP contribution in [0.2, 0.25) is 0 Å². The Kier molecular flexibility index (Phi) is 2.79. The van der Waals surface area contributed by atoms with E-state index in [-0.39, 0.29) is 5.41 Å². The Bertz CT molecular complexity index is 283. The van der Waals surface area contributed by atoms with Crippen LogP contribution < -0.4 is 5.32 Å². The molecule has 14 heavy (non-hydrogen) atoms. The van der Waals surface area contributed by atoms with E-state index in [2.05, 4.69) is 16.4 Å². The Hall–Kier alpha value is -0.930. The predicted octanol–water partition coefficient (Wildman–Crippen LogP) is 0.959. The zero-order valence-electron chi connectivity index (χ0n) is 8.49. The third-order valence-corrected chi connectivity index (χ3v) is 2.88. The average molecular weight is 192 g/mol. The number of pyridine rings is 1. The van der Waals surface area contributed by atoms with Crippen LogP contribution in [0.5, 0.6) is 0 Å². The van der Waals surface area contributed by atoms with Crippen LogP contribution in [0.25, 0.3) is 0 Å². The summed E-state index contributed by atoms with van der Waals surface area (Å²) < 4.78 is 5.33. The number of aromatic nitrogens is 1. The summed E-state index contributed by atoms with van der Waals surface area (Å²) in [6.45, 7) is 2.69. The van der Waals surface area contributed by atoms with Crippen LogP contribution >= 0.6 is 0 Å². The summed E-state index contributed by atoms with van der Waals surface area (Å²) >= 11 is 0. The molecule has 1 N–H and O–H groups in total. The molecule has 0 spiro atoms. The summed E-state index contributed by atoms with van der Waals surface area (Å²) in [6.07, 6.45) is 4.89. The van der Waals surface area contributed by atoms with Crippen LogP contribution in [0.3, 0.4) is 0 Å². The van der Waals surface area contributed by atoms with Gasteiger partial charge in [-0.1, -0.05) is 6.07 Å². The molecule has 1 saturated heterocycles. The van der Waals surface area contributed by atoms with Gasteiger partial charge in [0, 0.05) is 17.8 Å². The van der Waals surface area contributed by atoms with E-state index in [1.54, 1.807) is 0 Å². The van der Waals surface area contributed by atoms with Crippen LogP contribution in [0.15, 0.2) is 24.5 Å². The Balaban J connectivity index is 2.12. The molecule has 0 radical (unpaired) electrons. The van der Waals surface area contributed by atoms with Crippen molar-refractivity contribution >= 4 is 0 Å². The molecule has 1 aliphatic rings. The molecule has 1 aliphatic heterocycles. The lowest BCUT2D eigenvalue weighted by atomic mass is 9.76. The van der Waals surface area contributed by atoms with Crippen molar-refractivity contribution in [1.29, 1.82) is 0 Å². The van der Waals surface area contributed by atoms with Crippen molar-refractivity contribution in [2.24, 2.45) is 0 Å². The molecule has 3 nitrogen and oxygen atoms in total. The van der Waals surface area contributed by atoms with Gasteiger partial charge >= 0.3 is 0 Å². The van der Waals surface area contributed by atoms with Gasteiger partial charge in [-0.2, -0.15) is 0 Å². The van der Waals surface area contributed by atoms with E-state index in [1.807, 2.05) is 25.5 Å². The van der Waals surface area contributed by atoms with Gasteiger partial charge in [-0.05, 0) is 31.6 Å². The largest absolute Gasteiger partial charge is 0.379 e. The first-order valence-corrected chi connectivity index (χ1v) is 5.00. The van der Waals surface area contributed by atoms with Crippen molar-refractivity contribution in [2.75, 3.05) is 26.8 Å². The van der Waals surface area contributed by atoms with Crippen molar-refractivity contribution in [2.45, 2.75) is 11.8 Å². The monoisotopic (exact) mass is 192 g/mol. The zero-order valence-corrected chi connectivity index (χ0v) is 8.49. The summed E-state index contributed by atoms with van der Waals surface area (Å²) in [5.74, 6) is 0. The third kappa shape index (κ3) is 1.65. The molecule has 0 aliphatic carbocycles. The molecule has 0 saturated carbocycles.